The van der Waals surface area contributed by atoms with E-state index in [4.69, 9.17) is 11.6 Å². The summed E-state index contributed by atoms with van der Waals surface area (Å²) in [6.07, 6.45) is 1.95. The number of piperidine rings is 1. The molecule has 2 fully saturated rings. The van der Waals surface area contributed by atoms with Crippen molar-refractivity contribution in [2.24, 2.45) is 11.3 Å². The third kappa shape index (κ3) is 5.52. The molecule has 0 saturated carbocycles. The van der Waals surface area contributed by atoms with Crippen molar-refractivity contribution in [2.75, 3.05) is 26.2 Å². The van der Waals surface area contributed by atoms with Crippen LogP contribution in [0.25, 0.3) is 0 Å². The molecule has 0 radical (unpaired) electrons. The maximum Gasteiger partial charge on any atom is 0.245 e. The van der Waals surface area contributed by atoms with Crippen LogP contribution < -0.4 is 5.32 Å². The number of likely N-dealkylation sites (tertiary alicyclic amines) is 2. The molecule has 0 aromatic heterocycles. The van der Waals surface area contributed by atoms with Crippen LogP contribution in [0.3, 0.4) is 0 Å². The van der Waals surface area contributed by atoms with Crippen molar-refractivity contribution in [2.45, 2.75) is 65.0 Å². The number of rotatable bonds is 7. The Bertz CT molecular complexity index is 886. The van der Waals surface area contributed by atoms with Gasteiger partial charge in [-0.25, -0.2) is 0 Å². The van der Waals surface area contributed by atoms with Gasteiger partial charge in [-0.3, -0.25) is 14.4 Å². The molecule has 2 aliphatic heterocycles. The smallest absolute Gasteiger partial charge is 0.245 e. The predicted octanol–water partition coefficient (Wildman–Crippen LogP) is 2.94. The van der Waals surface area contributed by atoms with Crippen molar-refractivity contribution in [1.29, 1.82) is 0 Å². The highest BCUT2D eigenvalue weighted by molar-refractivity contribution is 6.30. The maximum absolute atomic E-state index is 13.4. The first-order chi connectivity index (χ1) is 15.4. The largest absolute Gasteiger partial charge is 0.384 e. The second-order valence-electron chi connectivity index (χ2n) is 10.3. The Morgan fingerprint density at radius 2 is 1.85 bits per heavy atom. The minimum Gasteiger partial charge on any atom is -0.384 e. The molecule has 1 aromatic carbocycles. The fourth-order valence-electron chi connectivity index (χ4n) is 4.90. The number of aliphatic hydroxyl groups is 1. The van der Waals surface area contributed by atoms with Gasteiger partial charge in [-0.15, -0.1) is 0 Å². The fraction of sp³-hybridized carbons (Fsp3) is 0.640. The second kappa shape index (κ2) is 10.0. The zero-order valence-corrected chi connectivity index (χ0v) is 20.8. The van der Waals surface area contributed by atoms with E-state index in [0.717, 1.165) is 12.0 Å². The van der Waals surface area contributed by atoms with Crippen LogP contribution in [0, 0.1) is 11.3 Å². The lowest BCUT2D eigenvalue weighted by Gasteiger charge is -2.51. The van der Waals surface area contributed by atoms with Crippen LogP contribution in [0.4, 0.5) is 0 Å². The topological polar surface area (TPSA) is 90.0 Å². The van der Waals surface area contributed by atoms with Crippen molar-refractivity contribution in [3.63, 3.8) is 0 Å². The van der Waals surface area contributed by atoms with E-state index >= 15 is 0 Å². The summed E-state index contributed by atoms with van der Waals surface area (Å²) in [6, 6.07) is 6.56. The summed E-state index contributed by atoms with van der Waals surface area (Å²) in [7, 11) is 0. The molecule has 3 amide bonds. The Labute approximate surface area is 201 Å². The van der Waals surface area contributed by atoms with E-state index in [-0.39, 0.29) is 30.1 Å². The summed E-state index contributed by atoms with van der Waals surface area (Å²) >= 11 is 6.02. The summed E-state index contributed by atoms with van der Waals surface area (Å²) in [5.74, 6) is -0.365. The van der Waals surface area contributed by atoms with Crippen LogP contribution in [-0.4, -0.2) is 64.8 Å². The Hall–Kier alpha value is -2.12. The first kappa shape index (κ1) is 25.5. The molecule has 0 unspecified atom stereocenters. The van der Waals surface area contributed by atoms with E-state index in [1.54, 1.807) is 21.9 Å². The molecule has 0 aliphatic carbocycles. The molecule has 33 heavy (non-hydrogen) atoms. The Balaban J connectivity index is 1.65. The van der Waals surface area contributed by atoms with E-state index in [1.807, 2.05) is 39.8 Å². The van der Waals surface area contributed by atoms with Gasteiger partial charge in [-0.2, -0.15) is 0 Å². The third-order valence-corrected chi connectivity index (χ3v) is 7.36. The van der Waals surface area contributed by atoms with Gasteiger partial charge in [0.15, 0.2) is 0 Å². The van der Waals surface area contributed by atoms with Crippen LogP contribution in [0.2, 0.25) is 5.02 Å². The number of benzene rings is 1. The molecular formula is C25H36ClN3O4. The van der Waals surface area contributed by atoms with E-state index in [2.05, 4.69) is 5.32 Å². The zero-order chi connectivity index (χ0) is 24.4. The van der Waals surface area contributed by atoms with Gasteiger partial charge in [0.05, 0.1) is 5.60 Å². The molecule has 1 aromatic rings. The zero-order valence-electron chi connectivity index (χ0n) is 20.1. The lowest BCUT2D eigenvalue weighted by molar-refractivity contribution is -0.156. The molecule has 2 saturated heterocycles. The van der Waals surface area contributed by atoms with E-state index in [0.29, 0.717) is 44.0 Å². The monoisotopic (exact) mass is 477 g/mol. The van der Waals surface area contributed by atoms with Gasteiger partial charge in [-0.05, 0) is 36.5 Å². The van der Waals surface area contributed by atoms with Crippen molar-refractivity contribution in [3.05, 3.63) is 34.9 Å². The van der Waals surface area contributed by atoms with Gasteiger partial charge in [-0.1, -0.05) is 51.4 Å². The van der Waals surface area contributed by atoms with Crippen molar-refractivity contribution in [1.82, 2.24) is 15.1 Å². The molecule has 182 valence electrons. The summed E-state index contributed by atoms with van der Waals surface area (Å²) in [6.45, 7) is 9.56. The highest BCUT2D eigenvalue weighted by atomic mass is 35.5. The predicted molar refractivity (Wildman–Crippen MR) is 128 cm³/mol. The third-order valence-electron chi connectivity index (χ3n) is 7.11. The SMILES string of the molecule is CC(C)[C@@H](NC(=O)CCN1CCCC1=O)C(=O)N1CC[C@](O)(c2ccc(Cl)cc2)C(C)(C)C1. The van der Waals surface area contributed by atoms with Crippen molar-refractivity contribution >= 4 is 29.3 Å². The Kier molecular flexibility index (Phi) is 7.74. The number of hydrogen-bond donors (Lipinski definition) is 2. The average Bonchev–Trinajstić information content (AvgIpc) is 3.17. The summed E-state index contributed by atoms with van der Waals surface area (Å²) in [5, 5.41) is 15.1. The van der Waals surface area contributed by atoms with Gasteiger partial charge in [0.2, 0.25) is 17.7 Å². The van der Waals surface area contributed by atoms with Crippen LogP contribution in [0.5, 0.6) is 0 Å². The fourth-order valence-corrected chi connectivity index (χ4v) is 5.03. The molecule has 2 atom stereocenters. The number of nitrogens with one attached hydrogen (secondary N) is 1. The first-order valence-corrected chi connectivity index (χ1v) is 12.2. The molecule has 2 heterocycles. The summed E-state index contributed by atoms with van der Waals surface area (Å²) in [4.78, 5) is 41.2. The van der Waals surface area contributed by atoms with Crippen molar-refractivity contribution < 1.29 is 19.5 Å². The standard InChI is InChI=1S/C25H36ClN3O4/c1-17(2)22(27-20(30)11-14-28-13-5-6-21(28)31)23(32)29-15-12-25(33,24(3,4)16-29)18-7-9-19(26)10-8-18/h7-10,17,22,33H,5-6,11-16H2,1-4H3,(H,27,30)/t22-,25+/m1/s1. The van der Waals surface area contributed by atoms with E-state index < -0.39 is 17.1 Å². The van der Waals surface area contributed by atoms with Crippen LogP contribution in [0.15, 0.2) is 24.3 Å². The Morgan fingerprint density at radius 3 is 2.39 bits per heavy atom. The maximum atomic E-state index is 13.4. The number of halogens is 1. The summed E-state index contributed by atoms with van der Waals surface area (Å²) < 4.78 is 0. The molecule has 7 nitrogen and oxygen atoms in total. The lowest BCUT2D eigenvalue weighted by atomic mass is 9.66. The molecule has 8 heteroatoms. The second-order valence-corrected chi connectivity index (χ2v) is 10.7. The Morgan fingerprint density at radius 1 is 1.18 bits per heavy atom. The number of amides is 3. The molecule has 3 rings (SSSR count). The molecule has 0 bridgehead atoms. The molecule has 0 spiro atoms. The highest BCUT2D eigenvalue weighted by Gasteiger charge is 2.50. The van der Waals surface area contributed by atoms with Crippen LogP contribution >= 0.6 is 11.6 Å². The average molecular weight is 478 g/mol. The summed E-state index contributed by atoms with van der Waals surface area (Å²) in [5.41, 5.74) is -0.905. The van der Waals surface area contributed by atoms with E-state index in [9.17, 15) is 19.5 Å². The number of carbonyl (C=O) groups excluding carboxylic acids is 3. The number of hydrogen-bond acceptors (Lipinski definition) is 4. The lowest BCUT2D eigenvalue weighted by Crippen LogP contribution is -2.60. The normalized spacial score (nSPS) is 23.7. The highest BCUT2D eigenvalue weighted by Crippen LogP contribution is 2.46. The van der Waals surface area contributed by atoms with Gasteiger partial charge >= 0.3 is 0 Å². The first-order valence-electron chi connectivity index (χ1n) is 11.8. The number of carbonyl (C=O) groups is 3. The minimum absolute atomic E-state index is 0.0861. The van der Waals surface area contributed by atoms with Crippen LogP contribution in [-0.2, 0) is 20.0 Å². The van der Waals surface area contributed by atoms with E-state index in [1.165, 1.54) is 0 Å². The minimum atomic E-state index is -1.09. The van der Waals surface area contributed by atoms with Gasteiger partial charge < -0.3 is 20.2 Å². The van der Waals surface area contributed by atoms with Gasteiger partial charge in [0, 0.05) is 49.5 Å². The molecule has 2 aliphatic rings. The quantitative estimate of drug-likeness (QED) is 0.631. The molecule has 2 N–H and O–H groups in total. The van der Waals surface area contributed by atoms with Crippen molar-refractivity contribution in [3.8, 4) is 0 Å². The molecular weight excluding hydrogens is 442 g/mol. The van der Waals surface area contributed by atoms with Crippen LogP contribution in [0.1, 0.15) is 58.9 Å². The van der Waals surface area contributed by atoms with Gasteiger partial charge in [0.25, 0.3) is 0 Å². The number of nitrogens with zero attached hydrogens (tertiary/aromatic N) is 2. The van der Waals surface area contributed by atoms with Gasteiger partial charge in [0.1, 0.15) is 6.04 Å².